The van der Waals surface area contributed by atoms with Crippen molar-refractivity contribution in [2.24, 2.45) is 0 Å². The molecule has 114 valence electrons. The largest absolute Gasteiger partial charge is 0.347 e. The maximum absolute atomic E-state index is 12.1. The predicted octanol–water partition coefficient (Wildman–Crippen LogP) is -1.06. The standard InChI is InChI=1S/C12H15N3O6/c1-5-7(17)8-9(21-12(2,3)20-8)10(19-5)15-11(18)14-6(16)4-13-15/h4-5,8-10H,1-3H3,(H,14,16,18). The van der Waals surface area contributed by atoms with Gasteiger partial charge in [-0.1, -0.05) is 0 Å². The summed E-state index contributed by atoms with van der Waals surface area (Å²) in [4.78, 5) is 37.2. The van der Waals surface area contributed by atoms with Crippen LogP contribution < -0.4 is 11.2 Å². The molecule has 9 heteroatoms. The number of hydrogen-bond acceptors (Lipinski definition) is 7. The average molecular weight is 297 g/mol. The molecule has 3 rings (SSSR count). The Morgan fingerprint density at radius 2 is 2.00 bits per heavy atom. The molecular weight excluding hydrogens is 282 g/mol. The molecule has 0 saturated carbocycles. The van der Waals surface area contributed by atoms with Crippen LogP contribution in [0.25, 0.3) is 0 Å². The molecule has 2 saturated heterocycles. The Morgan fingerprint density at radius 3 is 2.67 bits per heavy atom. The van der Waals surface area contributed by atoms with Crippen molar-refractivity contribution in [2.75, 3.05) is 0 Å². The summed E-state index contributed by atoms with van der Waals surface area (Å²) < 4.78 is 17.7. The SMILES string of the molecule is CC1OC(n2ncc(=O)[nH]c2=O)C2OC(C)(C)OC2C1=O. The van der Waals surface area contributed by atoms with E-state index in [2.05, 4.69) is 10.1 Å². The van der Waals surface area contributed by atoms with Gasteiger partial charge in [0, 0.05) is 0 Å². The van der Waals surface area contributed by atoms with Gasteiger partial charge in [-0.05, 0) is 20.8 Å². The zero-order valence-electron chi connectivity index (χ0n) is 11.7. The number of carbonyl (C=O) groups excluding carboxylic acids is 1. The second-order valence-electron chi connectivity index (χ2n) is 5.48. The van der Waals surface area contributed by atoms with Crippen LogP contribution in [-0.2, 0) is 19.0 Å². The maximum Gasteiger partial charge on any atom is 0.347 e. The maximum atomic E-state index is 12.1. The molecule has 4 unspecified atom stereocenters. The number of ketones is 1. The zero-order valence-corrected chi connectivity index (χ0v) is 11.7. The van der Waals surface area contributed by atoms with Gasteiger partial charge >= 0.3 is 5.69 Å². The van der Waals surface area contributed by atoms with Crippen molar-refractivity contribution in [3.05, 3.63) is 27.0 Å². The van der Waals surface area contributed by atoms with Crippen LogP contribution in [0, 0.1) is 0 Å². The highest BCUT2D eigenvalue weighted by Gasteiger charge is 2.55. The monoisotopic (exact) mass is 297 g/mol. The Labute approximate surface area is 118 Å². The second kappa shape index (κ2) is 4.58. The number of nitrogens with zero attached hydrogens (tertiary/aromatic N) is 2. The van der Waals surface area contributed by atoms with Crippen molar-refractivity contribution in [1.29, 1.82) is 0 Å². The van der Waals surface area contributed by atoms with Crippen LogP contribution in [0.5, 0.6) is 0 Å². The summed E-state index contributed by atoms with van der Waals surface area (Å²) in [6.45, 7) is 4.91. The van der Waals surface area contributed by atoms with Gasteiger partial charge < -0.3 is 14.2 Å². The number of carbonyl (C=O) groups is 1. The first kappa shape index (κ1) is 14.1. The fourth-order valence-electron chi connectivity index (χ4n) is 2.54. The Bertz CT molecular complexity index is 693. The van der Waals surface area contributed by atoms with Crippen LogP contribution in [-0.4, -0.2) is 44.6 Å². The lowest BCUT2D eigenvalue weighted by Crippen LogP contribution is -2.53. The molecule has 0 spiro atoms. The van der Waals surface area contributed by atoms with Gasteiger partial charge in [0.05, 0.1) is 0 Å². The highest BCUT2D eigenvalue weighted by atomic mass is 16.8. The molecule has 1 aromatic heterocycles. The fraction of sp³-hybridized carbons (Fsp3) is 0.667. The van der Waals surface area contributed by atoms with Crippen LogP contribution in [0.2, 0.25) is 0 Å². The average Bonchev–Trinajstić information content (AvgIpc) is 2.71. The third-order valence-electron chi connectivity index (χ3n) is 3.41. The van der Waals surface area contributed by atoms with Crippen molar-refractivity contribution < 1.29 is 19.0 Å². The van der Waals surface area contributed by atoms with Crippen molar-refractivity contribution in [3.8, 4) is 0 Å². The zero-order chi connectivity index (χ0) is 15.4. The van der Waals surface area contributed by atoms with E-state index in [1.807, 2.05) is 0 Å². The first-order chi connectivity index (χ1) is 9.78. The molecule has 2 fully saturated rings. The molecule has 0 bridgehead atoms. The molecule has 0 radical (unpaired) electrons. The summed E-state index contributed by atoms with van der Waals surface area (Å²) in [6, 6.07) is 0. The van der Waals surface area contributed by atoms with Crippen LogP contribution in [0.15, 0.2) is 15.8 Å². The van der Waals surface area contributed by atoms with Gasteiger partial charge in [0.25, 0.3) is 5.56 Å². The van der Waals surface area contributed by atoms with Crippen LogP contribution >= 0.6 is 0 Å². The number of nitrogens with one attached hydrogen (secondary N) is 1. The van der Waals surface area contributed by atoms with Gasteiger partial charge in [-0.25, -0.2) is 4.79 Å². The highest BCUT2D eigenvalue weighted by Crippen LogP contribution is 2.38. The normalized spacial score (nSPS) is 34.7. The molecule has 9 nitrogen and oxygen atoms in total. The van der Waals surface area contributed by atoms with Gasteiger partial charge in [0.15, 0.2) is 23.9 Å². The first-order valence-electron chi connectivity index (χ1n) is 6.51. The summed E-state index contributed by atoms with van der Waals surface area (Å²) in [5, 5.41) is 3.76. The van der Waals surface area contributed by atoms with E-state index >= 15 is 0 Å². The Hall–Kier alpha value is -1.84. The molecule has 0 aromatic carbocycles. The highest BCUT2D eigenvalue weighted by molar-refractivity contribution is 5.88. The molecular formula is C12H15N3O6. The molecule has 4 atom stereocenters. The third kappa shape index (κ3) is 2.33. The van der Waals surface area contributed by atoms with Crippen LogP contribution in [0.4, 0.5) is 0 Å². The van der Waals surface area contributed by atoms with E-state index < -0.39 is 41.6 Å². The number of ether oxygens (including phenoxy) is 3. The summed E-state index contributed by atoms with van der Waals surface area (Å²) in [5.41, 5.74) is -1.35. The number of Topliss-reactive ketones (excluding diaryl/α,β-unsaturated/α-hetero) is 1. The molecule has 1 aromatic rings. The lowest BCUT2D eigenvalue weighted by Gasteiger charge is -2.33. The third-order valence-corrected chi connectivity index (χ3v) is 3.41. The van der Waals surface area contributed by atoms with Crippen LogP contribution in [0.3, 0.4) is 0 Å². The number of aromatic amines is 1. The van der Waals surface area contributed by atoms with E-state index in [9.17, 15) is 14.4 Å². The number of hydrogen-bond donors (Lipinski definition) is 1. The van der Waals surface area contributed by atoms with Crippen molar-refractivity contribution in [2.45, 2.75) is 51.1 Å². The Kier molecular flexibility index (Phi) is 3.08. The van der Waals surface area contributed by atoms with E-state index in [4.69, 9.17) is 14.2 Å². The molecule has 0 amide bonds. The minimum atomic E-state index is -0.970. The van der Waals surface area contributed by atoms with Gasteiger partial charge in [0.1, 0.15) is 18.4 Å². The predicted molar refractivity (Wildman–Crippen MR) is 67.5 cm³/mol. The Balaban J connectivity index is 2.03. The van der Waals surface area contributed by atoms with Crippen molar-refractivity contribution >= 4 is 5.78 Å². The number of H-pyrrole nitrogens is 1. The lowest BCUT2D eigenvalue weighted by molar-refractivity contribution is -0.185. The lowest BCUT2D eigenvalue weighted by atomic mass is 10.0. The van der Waals surface area contributed by atoms with Crippen molar-refractivity contribution in [3.63, 3.8) is 0 Å². The summed E-state index contributed by atoms with van der Waals surface area (Å²) in [6.07, 6.45) is -2.40. The second-order valence-corrected chi connectivity index (χ2v) is 5.48. The summed E-state index contributed by atoms with van der Waals surface area (Å²) in [7, 11) is 0. The summed E-state index contributed by atoms with van der Waals surface area (Å²) >= 11 is 0. The van der Waals surface area contributed by atoms with E-state index in [0.717, 1.165) is 10.9 Å². The van der Waals surface area contributed by atoms with Crippen molar-refractivity contribution in [1.82, 2.24) is 14.8 Å². The molecule has 1 N–H and O–H groups in total. The number of fused-ring (bicyclic) bond motifs is 1. The topological polar surface area (TPSA) is 113 Å². The minimum Gasteiger partial charge on any atom is -0.343 e. The fourth-order valence-corrected chi connectivity index (χ4v) is 2.54. The molecule has 2 aliphatic rings. The number of aromatic nitrogens is 3. The first-order valence-corrected chi connectivity index (χ1v) is 6.51. The number of rotatable bonds is 1. The molecule has 2 aliphatic heterocycles. The van der Waals surface area contributed by atoms with Gasteiger partial charge in [-0.15, -0.1) is 0 Å². The van der Waals surface area contributed by atoms with E-state index in [-0.39, 0.29) is 5.78 Å². The minimum absolute atomic E-state index is 0.251. The van der Waals surface area contributed by atoms with E-state index in [0.29, 0.717) is 0 Å². The van der Waals surface area contributed by atoms with E-state index in [1.165, 1.54) is 0 Å². The van der Waals surface area contributed by atoms with Gasteiger partial charge in [-0.2, -0.15) is 9.78 Å². The Morgan fingerprint density at radius 1 is 1.29 bits per heavy atom. The van der Waals surface area contributed by atoms with Gasteiger partial charge in [0.2, 0.25) is 0 Å². The van der Waals surface area contributed by atoms with Gasteiger partial charge in [-0.3, -0.25) is 14.6 Å². The van der Waals surface area contributed by atoms with Crippen LogP contribution in [0.1, 0.15) is 27.0 Å². The molecule has 21 heavy (non-hydrogen) atoms. The smallest absolute Gasteiger partial charge is 0.343 e. The molecule has 3 heterocycles. The summed E-state index contributed by atoms with van der Waals surface area (Å²) in [5.74, 6) is -1.22. The van der Waals surface area contributed by atoms with E-state index in [1.54, 1.807) is 20.8 Å². The molecule has 0 aliphatic carbocycles. The quantitative estimate of drug-likeness (QED) is 0.702.